The summed E-state index contributed by atoms with van der Waals surface area (Å²) in [6, 6.07) is 24.2. The quantitative estimate of drug-likeness (QED) is 0.351. The monoisotopic (exact) mass is 484 g/mol. The number of carboxylic acid groups (broad SMARTS) is 1. The van der Waals surface area contributed by atoms with Crippen LogP contribution in [0.5, 0.6) is 5.75 Å². The molecular weight excluding hydrogens is 460 g/mol. The summed E-state index contributed by atoms with van der Waals surface area (Å²) in [4.78, 5) is 18.0. The van der Waals surface area contributed by atoms with E-state index in [4.69, 9.17) is 17.0 Å². The Balaban J connectivity index is 1.60. The Morgan fingerprint density at radius 3 is 2.43 bits per heavy atom. The van der Waals surface area contributed by atoms with E-state index in [1.807, 2.05) is 73.8 Å². The van der Waals surface area contributed by atoms with Gasteiger partial charge in [-0.25, -0.2) is 4.79 Å². The summed E-state index contributed by atoms with van der Waals surface area (Å²) in [7, 11) is 0. The van der Waals surface area contributed by atoms with Crippen LogP contribution in [0.4, 0.5) is 5.69 Å². The number of anilines is 1. The fourth-order valence-electron chi connectivity index (χ4n) is 4.44. The van der Waals surface area contributed by atoms with Gasteiger partial charge in [-0.05, 0) is 91.9 Å². The van der Waals surface area contributed by atoms with Gasteiger partial charge in [-0.1, -0.05) is 6.07 Å². The second kappa shape index (κ2) is 9.60. The molecular formula is C27H24N4O3S. The van der Waals surface area contributed by atoms with Crippen LogP contribution in [0.15, 0.2) is 91.3 Å². The van der Waals surface area contributed by atoms with Gasteiger partial charge in [-0.2, -0.15) is 0 Å². The van der Waals surface area contributed by atoms with Gasteiger partial charge in [0.2, 0.25) is 0 Å². The number of carbonyl (C=O) groups is 1. The molecule has 0 radical (unpaired) electrons. The number of nitrogens with zero attached hydrogens (tertiary/aromatic N) is 3. The molecule has 3 heterocycles. The Labute approximate surface area is 208 Å². The molecule has 35 heavy (non-hydrogen) atoms. The number of thiocarbonyl (C=S) groups is 1. The molecule has 1 saturated heterocycles. The summed E-state index contributed by atoms with van der Waals surface area (Å²) < 4.78 is 7.68. The van der Waals surface area contributed by atoms with Gasteiger partial charge in [0.15, 0.2) is 5.11 Å². The summed E-state index contributed by atoms with van der Waals surface area (Å²) in [5.74, 6) is -0.152. The number of aromatic nitrogens is 2. The van der Waals surface area contributed by atoms with Crippen LogP contribution in [0.3, 0.4) is 0 Å². The lowest BCUT2D eigenvalue weighted by Gasteiger charge is -2.29. The Morgan fingerprint density at radius 1 is 1.03 bits per heavy atom. The molecule has 4 aromatic rings. The Hall–Kier alpha value is -4.17. The average Bonchev–Trinajstić information content (AvgIpc) is 3.50. The normalized spacial score (nSPS) is 17.3. The molecule has 2 aromatic carbocycles. The maximum Gasteiger partial charge on any atom is 0.335 e. The highest BCUT2D eigenvalue weighted by molar-refractivity contribution is 7.80. The first kappa shape index (κ1) is 22.6. The average molecular weight is 485 g/mol. The van der Waals surface area contributed by atoms with Crippen molar-refractivity contribution in [2.75, 3.05) is 11.5 Å². The number of pyridine rings is 1. The Bertz CT molecular complexity index is 1340. The molecule has 1 aliphatic rings. The summed E-state index contributed by atoms with van der Waals surface area (Å²) in [6.07, 6.45) is 3.75. The molecule has 0 amide bonds. The molecule has 2 N–H and O–H groups in total. The highest BCUT2D eigenvalue weighted by Gasteiger charge is 2.42. The van der Waals surface area contributed by atoms with E-state index in [-0.39, 0.29) is 17.6 Å². The molecule has 7 nitrogen and oxygen atoms in total. The number of ether oxygens (including phenoxy) is 1. The van der Waals surface area contributed by atoms with Crippen LogP contribution in [0.1, 0.15) is 40.8 Å². The maximum absolute atomic E-state index is 11.3. The van der Waals surface area contributed by atoms with Crippen molar-refractivity contribution in [3.63, 3.8) is 0 Å². The van der Waals surface area contributed by atoms with Gasteiger partial charge in [0.1, 0.15) is 11.8 Å². The van der Waals surface area contributed by atoms with Crippen molar-refractivity contribution in [3.05, 3.63) is 108 Å². The second-order valence-corrected chi connectivity index (χ2v) is 8.47. The van der Waals surface area contributed by atoms with Crippen LogP contribution in [0.25, 0.3) is 5.69 Å². The molecule has 176 valence electrons. The molecule has 1 fully saturated rings. The summed E-state index contributed by atoms with van der Waals surface area (Å²) >= 11 is 5.82. The third-order valence-electron chi connectivity index (χ3n) is 6.00. The van der Waals surface area contributed by atoms with Gasteiger partial charge < -0.3 is 24.6 Å². The molecule has 1 aliphatic heterocycles. The number of hydrogen-bond donors (Lipinski definition) is 2. The smallest absolute Gasteiger partial charge is 0.335 e. The number of hydrogen-bond acceptors (Lipinski definition) is 4. The van der Waals surface area contributed by atoms with Crippen molar-refractivity contribution >= 4 is 29.0 Å². The zero-order valence-electron chi connectivity index (χ0n) is 19.0. The summed E-state index contributed by atoms with van der Waals surface area (Å²) in [6.45, 7) is 2.56. The zero-order valence-corrected chi connectivity index (χ0v) is 19.9. The molecule has 0 spiro atoms. The van der Waals surface area contributed by atoms with E-state index < -0.39 is 5.97 Å². The first-order valence-corrected chi connectivity index (χ1v) is 11.7. The first-order valence-electron chi connectivity index (χ1n) is 11.3. The fraction of sp³-hybridized carbons (Fsp3) is 0.148. The molecule has 5 rings (SSSR count). The number of aromatic carboxylic acids is 1. The summed E-state index contributed by atoms with van der Waals surface area (Å²) in [5, 5.41) is 13.4. The molecule has 0 unspecified atom stereocenters. The topological polar surface area (TPSA) is 79.6 Å². The Kier molecular flexibility index (Phi) is 6.20. The number of benzene rings is 2. The van der Waals surface area contributed by atoms with E-state index in [1.165, 1.54) is 0 Å². The lowest BCUT2D eigenvalue weighted by molar-refractivity contribution is 0.0697. The third kappa shape index (κ3) is 4.36. The maximum atomic E-state index is 11.3. The minimum Gasteiger partial charge on any atom is -0.494 e. The second-order valence-electron chi connectivity index (χ2n) is 8.08. The predicted molar refractivity (Wildman–Crippen MR) is 138 cm³/mol. The molecule has 0 saturated carbocycles. The highest BCUT2D eigenvalue weighted by atomic mass is 32.1. The van der Waals surface area contributed by atoms with E-state index in [0.29, 0.717) is 11.7 Å². The Morgan fingerprint density at radius 2 is 1.77 bits per heavy atom. The van der Waals surface area contributed by atoms with Crippen LogP contribution in [0.2, 0.25) is 0 Å². The molecule has 2 aromatic heterocycles. The molecule has 0 bridgehead atoms. The van der Waals surface area contributed by atoms with Gasteiger partial charge in [0.25, 0.3) is 0 Å². The standard InChI is InChI=1S/C27H24N4O3S/c1-2-34-21-14-12-20(13-15-21)31-25(24(29-27(31)35)22-6-3-4-16-28-22)23-7-5-17-30(23)19-10-8-18(9-11-19)26(32)33/h3-17,24-25H,2H2,1H3,(H,29,35)(H,32,33)/t24-,25+/m0/s1. The van der Waals surface area contributed by atoms with Crippen molar-refractivity contribution in [1.82, 2.24) is 14.9 Å². The third-order valence-corrected chi connectivity index (χ3v) is 6.31. The van der Waals surface area contributed by atoms with Crippen LogP contribution in [-0.2, 0) is 0 Å². The van der Waals surface area contributed by atoms with Crippen LogP contribution < -0.4 is 15.0 Å². The SMILES string of the molecule is CCOc1ccc(N2C(=S)N[C@@H](c3ccccn3)[C@H]2c2cccn2-c2ccc(C(=O)O)cc2)cc1. The van der Waals surface area contributed by atoms with E-state index in [0.717, 1.165) is 28.5 Å². The van der Waals surface area contributed by atoms with Crippen molar-refractivity contribution in [3.8, 4) is 11.4 Å². The first-order chi connectivity index (χ1) is 17.1. The lowest BCUT2D eigenvalue weighted by atomic mass is 10.0. The van der Waals surface area contributed by atoms with E-state index in [1.54, 1.807) is 18.3 Å². The number of rotatable bonds is 7. The van der Waals surface area contributed by atoms with Gasteiger partial charge in [-0.15, -0.1) is 0 Å². The highest BCUT2D eigenvalue weighted by Crippen LogP contribution is 2.42. The lowest BCUT2D eigenvalue weighted by Crippen LogP contribution is -2.30. The van der Waals surface area contributed by atoms with E-state index >= 15 is 0 Å². The molecule has 2 atom stereocenters. The predicted octanol–water partition coefficient (Wildman–Crippen LogP) is 5.15. The van der Waals surface area contributed by atoms with Gasteiger partial charge in [0.05, 0.1) is 23.9 Å². The fourth-order valence-corrected chi connectivity index (χ4v) is 4.78. The van der Waals surface area contributed by atoms with Crippen molar-refractivity contribution < 1.29 is 14.6 Å². The van der Waals surface area contributed by atoms with Gasteiger partial charge in [0, 0.05) is 29.5 Å². The summed E-state index contributed by atoms with van der Waals surface area (Å²) in [5.41, 5.74) is 3.91. The number of nitrogens with one attached hydrogen (secondary N) is 1. The minimum atomic E-state index is -0.952. The minimum absolute atomic E-state index is 0.192. The van der Waals surface area contributed by atoms with Gasteiger partial charge in [-0.3, -0.25) is 4.98 Å². The van der Waals surface area contributed by atoms with Crippen LogP contribution in [0, 0.1) is 0 Å². The van der Waals surface area contributed by atoms with Crippen LogP contribution in [-0.4, -0.2) is 32.3 Å². The molecule has 0 aliphatic carbocycles. The van der Waals surface area contributed by atoms with E-state index in [2.05, 4.69) is 25.8 Å². The van der Waals surface area contributed by atoms with Crippen molar-refractivity contribution in [1.29, 1.82) is 0 Å². The largest absolute Gasteiger partial charge is 0.494 e. The van der Waals surface area contributed by atoms with Crippen molar-refractivity contribution in [2.45, 2.75) is 19.0 Å². The zero-order chi connectivity index (χ0) is 24.4. The van der Waals surface area contributed by atoms with Gasteiger partial charge >= 0.3 is 5.97 Å². The van der Waals surface area contributed by atoms with Crippen molar-refractivity contribution in [2.24, 2.45) is 0 Å². The number of carboxylic acids is 1. The molecule has 8 heteroatoms. The van der Waals surface area contributed by atoms with E-state index in [9.17, 15) is 9.90 Å². The van der Waals surface area contributed by atoms with Crippen LogP contribution >= 0.6 is 12.2 Å².